The van der Waals surface area contributed by atoms with Gasteiger partial charge in [0.05, 0.1) is 22.2 Å². The second-order valence-electron chi connectivity index (χ2n) is 8.82. The van der Waals surface area contributed by atoms with E-state index in [9.17, 15) is 19.5 Å². The molecule has 0 fully saturated rings. The van der Waals surface area contributed by atoms with Crippen molar-refractivity contribution in [1.82, 2.24) is 16.0 Å². The number of carbonyl (C=O) groups excluding carboxylic acids is 2. The van der Waals surface area contributed by atoms with Crippen LogP contribution in [-0.2, 0) is 17.6 Å². The van der Waals surface area contributed by atoms with Gasteiger partial charge >= 0.3 is 12.0 Å². The molecule has 0 radical (unpaired) electrons. The van der Waals surface area contributed by atoms with E-state index in [1.54, 1.807) is 6.07 Å². The number of hydrogen-bond donors (Lipinski definition) is 4. The normalized spacial score (nSPS) is 15.5. The number of aryl methyl sites for hydroxylation is 1. The van der Waals surface area contributed by atoms with E-state index < -0.39 is 23.9 Å². The minimum absolute atomic E-state index is 0.0102. The number of halogens is 2. The molecule has 7 nitrogen and oxygen atoms in total. The second kappa shape index (κ2) is 13.4. The van der Waals surface area contributed by atoms with E-state index in [0.717, 1.165) is 38.0 Å². The number of fused-ring (bicyclic) bond motifs is 1. The van der Waals surface area contributed by atoms with Crippen molar-refractivity contribution in [3.8, 4) is 0 Å². The Morgan fingerprint density at radius 1 is 0.943 bits per heavy atom. The van der Waals surface area contributed by atoms with Gasteiger partial charge in [-0.2, -0.15) is 0 Å². The lowest BCUT2D eigenvalue weighted by Gasteiger charge is -2.24. The Morgan fingerprint density at radius 2 is 1.66 bits per heavy atom. The first-order valence-corrected chi connectivity index (χ1v) is 12.7. The van der Waals surface area contributed by atoms with Crippen molar-refractivity contribution in [3.63, 3.8) is 0 Å². The van der Waals surface area contributed by atoms with Crippen LogP contribution in [-0.4, -0.2) is 42.1 Å². The molecule has 0 saturated carbocycles. The van der Waals surface area contributed by atoms with Gasteiger partial charge in [-0.1, -0.05) is 72.8 Å². The van der Waals surface area contributed by atoms with E-state index in [2.05, 4.69) is 40.2 Å². The summed E-state index contributed by atoms with van der Waals surface area (Å²) >= 11 is 12.0. The zero-order valence-electron chi connectivity index (χ0n) is 19.5. The molecular weight excluding hydrogens is 489 g/mol. The van der Waals surface area contributed by atoms with Crippen LogP contribution in [0.5, 0.6) is 0 Å². The van der Waals surface area contributed by atoms with E-state index >= 15 is 0 Å². The van der Waals surface area contributed by atoms with Crippen molar-refractivity contribution in [2.75, 3.05) is 13.1 Å². The molecule has 9 heteroatoms. The highest BCUT2D eigenvalue weighted by Gasteiger charge is 2.24. The van der Waals surface area contributed by atoms with Gasteiger partial charge in [-0.25, -0.2) is 9.59 Å². The summed E-state index contributed by atoms with van der Waals surface area (Å²) in [5.74, 6) is -1.28. The molecule has 3 rings (SSSR count). The maximum absolute atomic E-state index is 12.4. The summed E-state index contributed by atoms with van der Waals surface area (Å²) in [7, 11) is 0. The first kappa shape index (κ1) is 26.8. The first-order valence-electron chi connectivity index (χ1n) is 11.9. The Balaban J connectivity index is 1.31. The summed E-state index contributed by atoms with van der Waals surface area (Å²) in [6.07, 6.45) is 7.73. The highest BCUT2D eigenvalue weighted by Crippen LogP contribution is 2.28. The predicted molar refractivity (Wildman–Crippen MR) is 137 cm³/mol. The quantitative estimate of drug-likeness (QED) is 0.318. The highest BCUT2D eigenvalue weighted by molar-refractivity contribution is 6.39. The van der Waals surface area contributed by atoms with Gasteiger partial charge in [-0.15, -0.1) is 0 Å². The van der Waals surface area contributed by atoms with Crippen molar-refractivity contribution in [1.29, 1.82) is 0 Å². The largest absolute Gasteiger partial charge is 0.480 e. The van der Waals surface area contributed by atoms with Crippen LogP contribution in [0.15, 0.2) is 42.5 Å². The zero-order valence-corrected chi connectivity index (χ0v) is 21.0. The Labute approximate surface area is 215 Å². The molecule has 35 heavy (non-hydrogen) atoms. The maximum atomic E-state index is 12.4. The smallest absolute Gasteiger partial charge is 0.328 e. The van der Waals surface area contributed by atoms with Gasteiger partial charge in [0.2, 0.25) is 0 Å². The number of amides is 3. The van der Waals surface area contributed by atoms with E-state index in [4.69, 9.17) is 23.2 Å². The fourth-order valence-corrected chi connectivity index (χ4v) is 4.93. The maximum Gasteiger partial charge on any atom is 0.328 e. The summed E-state index contributed by atoms with van der Waals surface area (Å²) in [6, 6.07) is 11.4. The molecule has 1 unspecified atom stereocenters. The summed E-state index contributed by atoms with van der Waals surface area (Å²) in [4.78, 5) is 36.0. The number of carboxylic acid groups (broad SMARTS) is 1. The van der Waals surface area contributed by atoms with Gasteiger partial charge in [-0.05, 0) is 54.9 Å². The number of rotatable bonds is 11. The third-order valence-corrected chi connectivity index (χ3v) is 6.91. The van der Waals surface area contributed by atoms with Crippen LogP contribution in [0, 0.1) is 5.92 Å². The van der Waals surface area contributed by atoms with Crippen molar-refractivity contribution in [2.24, 2.45) is 5.92 Å². The molecule has 0 aliphatic heterocycles. The molecule has 1 aliphatic rings. The van der Waals surface area contributed by atoms with Crippen molar-refractivity contribution in [2.45, 2.75) is 51.0 Å². The highest BCUT2D eigenvalue weighted by atomic mass is 35.5. The van der Waals surface area contributed by atoms with Crippen LogP contribution in [0.2, 0.25) is 10.0 Å². The third kappa shape index (κ3) is 8.15. The van der Waals surface area contributed by atoms with Crippen molar-refractivity contribution < 1.29 is 19.5 Å². The molecule has 0 aromatic heterocycles. The zero-order chi connectivity index (χ0) is 25.2. The Bertz CT molecular complexity index is 1030. The number of hydrogen-bond acceptors (Lipinski definition) is 3. The molecule has 0 spiro atoms. The van der Waals surface area contributed by atoms with Gasteiger partial charge in [0.1, 0.15) is 6.04 Å². The molecule has 0 heterocycles. The lowest BCUT2D eigenvalue weighted by atomic mass is 9.81. The van der Waals surface area contributed by atoms with Crippen LogP contribution in [0.1, 0.15) is 53.6 Å². The van der Waals surface area contributed by atoms with E-state index in [1.165, 1.54) is 36.1 Å². The summed E-state index contributed by atoms with van der Waals surface area (Å²) in [6.45, 7) is 0.219. The number of aliphatic carboxylic acids is 1. The fraction of sp³-hybridized carbons (Fsp3) is 0.423. The molecule has 2 aromatic rings. The molecular formula is C26H31Cl2N3O4. The van der Waals surface area contributed by atoms with Crippen molar-refractivity contribution >= 4 is 41.1 Å². The monoisotopic (exact) mass is 519 g/mol. The van der Waals surface area contributed by atoms with Gasteiger partial charge in [0.25, 0.3) is 5.91 Å². The number of nitrogens with one attached hydrogen (secondary N) is 3. The van der Waals surface area contributed by atoms with Crippen LogP contribution in [0.4, 0.5) is 4.79 Å². The minimum atomic E-state index is -1.33. The average molecular weight is 520 g/mol. The van der Waals surface area contributed by atoms with Crippen LogP contribution >= 0.6 is 23.2 Å². The van der Waals surface area contributed by atoms with Crippen LogP contribution < -0.4 is 16.0 Å². The molecule has 0 saturated heterocycles. The lowest BCUT2D eigenvalue weighted by molar-refractivity contribution is -0.139. The molecule has 3 amide bonds. The molecule has 1 aliphatic carbocycles. The van der Waals surface area contributed by atoms with Gasteiger partial charge in [-0.3, -0.25) is 4.79 Å². The van der Waals surface area contributed by atoms with E-state index in [-0.39, 0.29) is 22.2 Å². The van der Waals surface area contributed by atoms with Crippen LogP contribution in [0.25, 0.3) is 0 Å². The third-order valence-electron chi connectivity index (χ3n) is 6.28. The molecule has 4 N–H and O–H groups in total. The van der Waals surface area contributed by atoms with E-state index in [0.29, 0.717) is 6.54 Å². The average Bonchev–Trinajstić information content (AvgIpc) is 2.83. The van der Waals surface area contributed by atoms with Gasteiger partial charge in [0, 0.05) is 6.54 Å². The second-order valence-corrected chi connectivity index (χ2v) is 9.64. The fourth-order valence-electron chi connectivity index (χ4n) is 4.36. The molecule has 188 valence electrons. The predicted octanol–water partition coefficient (Wildman–Crippen LogP) is 4.84. The Kier molecular flexibility index (Phi) is 10.2. The number of unbranched alkanes of at least 4 members (excludes halogenated alkanes) is 2. The minimum Gasteiger partial charge on any atom is -0.480 e. The van der Waals surface area contributed by atoms with E-state index in [1.807, 2.05) is 0 Å². The Hall–Kier alpha value is -2.77. The lowest BCUT2D eigenvalue weighted by Crippen LogP contribution is -2.50. The summed E-state index contributed by atoms with van der Waals surface area (Å²) in [5.41, 5.74) is 2.95. The van der Waals surface area contributed by atoms with Gasteiger partial charge < -0.3 is 21.1 Å². The standard InChI is InChI=1S/C26H31Cl2N3O4/c27-20-10-6-11-21(28)23(20)24(32)31-22(25(33)34)16-30-26(35)29-14-5-1-2-7-17-12-13-18-8-3-4-9-19(18)15-17/h3-4,6,8-11,17,22H,1-2,5,7,12-16H2,(H,31,32)(H,33,34)(H2,29,30,35)/t17?,22-/m0/s1. The topological polar surface area (TPSA) is 108 Å². The molecule has 2 atom stereocenters. The number of urea groups is 1. The Morgan fingerprint density at radius 3 is 2.37 bits per heavy atom. The number of carbonyl (C=O) groups is 3. The van der Waals surface area contributed by atoms with Crippen LogP contribution in [0.3, 0.4) is 0 Å². The summed E-state index contributed by atoms with van der Waals surface area (Å²) < 4.78 is 0. The SMILES string of the molecule is O=C(NCCCCCC1CCc2ccccc2C1)NC[C@H](NC(=O)c1c(Cl)cccc1Cl)C(=O)O. The first-order chi connectivity index (χ1) is 16.8. The number of benzene rings is 2. The van der Waals surface area contributed by atoms with Crippen molar-refractivity contribution in [3.05, 3.63) is 69.2 Å². The summed E-state index contributed by atoms with van der Waals surface area (Å²) in [5, 5.41) is 17.2. The number of carboxylic acids is 1. The molecule has 2 aromatic carbocycles. The molecule has 0 bridgehead atoms. The van der Waals surface area contributed by atoms with Gasteiger partial charge in [0.15, 0.2) is 0 Å².